The largest absolute Gasteiger partial charge is 0.396 e. The average molecular weight is 239 g/mol. The molecule has 0 spiro atoms. The zero-order valence-electron chi connectivity index (χ0n) is 9.45. The molecule has 1 fully saturated rings. The second-order valence-corrected chi connectivity index (χ2v) is 5.51. The Hall–Kier alpha value is -0.870. The van der Waals surface area contributed by atoms with Crippen LogP contribution in [0.1, 0.15) is 34.5 Å². The Labute approximate surface area is 99.5 Å². The van der Waals surface area contributed by atoms with Gasteiger partial charge in [0, 0.05) is 13.2 Å². The van der Waals surface area contributed by atoms with Gasteiger partial charge in [0.15, 0.2) is 0 Å². The van der Waals surface area contributed by atoms with E-state index in [9.17, 15) is 4.79 Å². The quantitative estimate of drug-likeness (QED) is 0.825. The van der Waals surface area contributed by atoms with E-state index in [2.05, 4.69) is 5.32 Å². The molecule has 88 valence electrons. The monoisotopic (exact) mass is 239 g/mol. The van der Waals surface area contributed by atoms with Crippen molar-refractivity contribution in [2.24, 2.45) is 5.41 Å². The Morgan fingerprint density at radius 3 is 2.88 bits per heavy atom. The van der Waals surface area contributed by atoms with Crippen LogP contribution in [-0.2, 0) is 0 Å². The van der Waals surface area contributed by atoms with Crippen LogP contribution < -0.4 is 5.32 Å². The van der Waals surface area contributed by atoms with Crippen LogP contribution in [0, 0.1) is 12.3 Å². The van der Waals surface area contributed by atoms with Crippen LogP contribution in [0.3, 0.4) is 0 Å². The molecule has 2 N–H and O–H groups in total. The van der Waals surface area contributed by atoms with Crippen molar-refractivity contribution in [1.82, 2.24) is 5.32 Å². The number of amides is 1. The SMILES string of the molecule is Cc1ccsc1C(=O)NCC1(CCO)CC1. The van der Waals surface area contributed by atoms with Crippen molar-refractivity contribution in [1.29, 1.82) is 0 Å². The Balaban J connectivity index is 1.87. The number of carbonyl (C=O) groups excluding carboxylic acids is 1. The lowest BCUT2D eigenvalue weighted by atomic mass is 10.0. The predicted molar refractivity (Wildman–Crippen MR) is 64.8 cm³/mol. The van der Waals surface area contributed by atoms with Gasteiger partial charge in [-0.1, -0.05) is 0 Å². The van der Waals surface area contributed by atoms with Gasteiger partial charge in [0.25, 0.3) is 5.91 Å². The topological polar surface area (TPSA) is 49.3 Å². The van der Waals surface area contributed by atoms with Gasteiger partial charge in [0.2, 0.25) is 0 Å². The maximum Gasteiger partial charge on any atom is 0.261 e. The van der Waals surface area contributed by atoms with E-state index < -0.39 is 0 Å². The second-order valence-electron chi connectivity index (χ2n) is 4.59. The Morgan fingerprint density at radius 1 is 1.62 bits per heavy atom. The zero-order valence-corrected chi connectivity index (χ0v) is 10.3. The lowest BCUT2D eigenvalue weighted by Crippen LogP contribution is -2.30. The summed E-state index contributed by atoms with van der Waals surface area (Å²) in [6.07, 6.45) is 3.05. The molecule has 0 aliphatic heterocycles. The molecule has 3 nitrogen and oxygen atoms in total. The highest BCUT2D eigenvalue weighted by Crippen LogP contribution is 2.47. The fourth-order valence-corrected chi connectivity index (χ4v) is 2.72. The molecule has 0 aromatic carbocycles. The first-order chi connectivity index (χ1) is 7.67. The molecule has 0 bridgehead atoms. The number of hydrogen-bond donors (Lipinski definition) is 2. The number of aliphatic hydroxyl groups is 1. The van der Waals surface area contributed by atoms with E-state index in [0.717, 1.165) is 29.7 Å². The highest BCUT2D eigenvalue weighted by atomic mass is 32.1. The molecular weight excluding hydrogens is 222 g/mol. The first kappa shape index (κ1) is 11.6. The zero-order chi connectivity index (χ0) is 11.6. The van der Waals surface area contributed by atoms with Gasteiger partial charge >= 0.3 is 0 Å². The molecule has 16 heavy (non-hydrogen) atoms. The normalized spacial score (nSPS) is 17.1. The maximum absolute atomic E-state index is 11.8. The number of thiophene rings is 1. The summed E-state index contributed by atoms with van der Waals surface area (Å²) in [5, 5.41) is 13.8. The van der Waals surface area contributed by atoms with E-state index in [4.69, 9.17) is 5.11 Å². The Bertz CT molecular complexity index is 382. The summed E-state index contributed by atoms with van der Waals surface area (Å²) < 4.78 is 0. The summed E-state index contributed by atoms with van der Waals surface area (Å²) in [5.41, 5.74) is 1.23. The smallest absolute Gasteiger partial charge is 0.261 e. The second kappa shape index (κ2) is 4.55. The number of hydrogen-bond acceptors (Lipinski definition) is 3. The first-order valence-corrected chi connectivity index (χ1v) is 6.48. The Morgan fingerprint density at radius 2 is 2.38 bits per heavy atom. The highest BCUT2D eigenvalue weighted by molar-refractivity contribution is 7.12. The lowest BCUT2D eigenvalue weighted by molar-refractivity contribution is 0.0944. The van der Waals surface area contributed by atoms with Crippen molar-refractivity contribution < 1.29 is 9.90 Å². The number of carbonyl (C=O) groups is 1. The molecule has 0 atom stereocenters. The van der Waals surface area contributed by atoms with Crippen LogP contribution in [0.5, 0.6) is 0 Å². The molecule has 1 heterocycles. The Kier molecular flexibility index (Phi) is 3.30. The van der Waals surface area contributed by atoms with Gasteiger partial charge in [0.05, 0.1) is 4.88 Å². The van der Waals surface area contributed by atoms with Gasteiger partial charge in [-0.05, 0) is 48.6 Å². The van der Waals surface area contributed by atoms with Gasteiger partial charge in [-0.15, -0.1) is 11.3 Å². The standard InChI is InChI=1S/C12H17NO2S/c1-9-2-7-16-10(9)11(15)13-8-12(3-4-12)5-6-14/h2,7,14H,3-6,8H2,1H3,(H,13,15). The molecule has 1 aliphatic carbocycles. The first-order valence-electron chi connectivity index (χ1n) is 5.60. The van der Waals surface area contributed by atoms with Gasteiger partial charge in [-0.3, -0.25) is 4.79 Å². The van der Waals surface area contributed by atoms with Crippen LogP contribution in [0.15, 0.2) is 11.4 Å². The minimum Gasteiger partial charge on any atom is -0.396 e. The third-order valence-electron chi connectivity index (χ3n) is 3.29. The van der Waals surface area contributed by atoms with Crippen molar-refractivity contribution >= 4 is 17.2 Å². The van der Waals surface area contributed by atoms with Crippen molar-refractivity contribution in [2.75, 3.05) is 13.2 Å². The summed E-state index contributed by atoms with van der Waals surface area (Å²) in [7, 11) is 0. The maximum atomic E-state index is 11.8. The van der Waals surface area contributed by atoms with Gasteiger partial charge in [0.1, 0.15) is 0 Å². The number of aliphatic hydroxyl groups excluding tert-OH is 1. The van der Waals surface area contributed by atoms with Crippen molar-refractivity contribution in [3.05, 3.63) is 21.9 Å². The summed E-state index contributed by atoms with van der Waals surface area (Å²) in [4.78, 5) is 12.6. The molecule has 0 saturated heterocycles. The van der Waals surface area contributed by atoms with Crippen LogP contribution in [-0.4, -0.2) is 24.2 Å². The van der Waals surface area contributed by atoms with E-state index in [1.807, 2.05) is 18.4 Å². The van der Waals surface area contributed by atoms with Crippen LogP contribution >= 0.6 is 11.3 Å². The molecular formula is C12H17NO2S. The van der Waals surface area contributed by atoms with E-state index in [1.54, 1.807) is 0 Å². The van der Waals surface area contributed by atoms with Crippen LogP contribution in [0.25, 0.3) is 0 Å². The van der Waals surface area contributed by atoms with Crippen molar-refractivity contribution in [2.45, 2.75) is 26.2 Å². The van der Waals surface area contributed by atoms with Crippen LogP contribution in [0.2, 0.25) is 0 Å². The minimum absolute atomic E-state index is 0.0247. The average Bonchev–Trinajstić information content (AvgIpc) is 2.89. The molecule has 1 amide bonds. The summed E-state index contributed by atoms with van der Waals surface area (Å²) in [5.74, 6) is 0.0247. The molecule has 2 rings (SSSR count). The fraction of sp³-hybridized carbons (Fsp3) is 0.583. The predicted octanol–water partition coefficient (Wildman–Crippen LogP) is 1.95. The third-order valence-corrected chi connectivity index (χ3v) is 4.31. The van der Waals surface area contributed by atoms with Crippen molar-refractivity contribution in [3.63, 3.8) is 0 Å². The van der Waals surface area contributed by atoms with Crippen LogP contribution in [0.4, 0.5) is 0 Å². The third kappa shape index (κ3) is 2.44. The highest BCUT2D eigenvalue weighted by Gasteiger charge is 2.41. The van der Waals surface area contributed by atoms with Crippen molar-refractivity contribution in [3.8, 4) is 0 Å². The fourth-order valence-electron chi connectivity index (χ4n) is 1.88. The summed E-state index contributed by atoms with van der Waals surface area (Å²) >= 11 is 1.48. The number of aryl methyl sites for hydroxylation is 1. The molecule has 0 radical (unpaired) electrons. The number of nitrogens with one attached hydrogen (secondary N) is 1. The van der Waals surface area contributed by atoms with Gasteiger partial charge in [-0.25, -0.2) is 0 Å². The molecule has 4 heteroatoms. The van der Waals surface area contributed by atoms with E-state index in [0.29, 0.717) is 6.54 Å². The molecule has 1 aromatic heterocycles. The molecule has 1 aliphatic rings. The van der Waals surface area contributed by atoms with E-state index in [1.165, 1.54) is 11.3 Å². The lowest BCUT2D eigenvalue weighted by Gasteiger charge is -2.14. The molecule has 1 saturated carbocycles. The van der Waals surface area contributed by atoms with Gasteiger partial charge in [-0.2, -0.15) is 0 Å². The van der Waals surface area contributed by atoms with E-state index in [-0.39, 0.29) is 17.9 Å². The minimum atomic E-state index is 0.0247. The summed E-state index contributed by atoms with van der Waals surface area (Å²) in [6.45, 7) is 2.86. The summed E-state index contributed by atoms with van der Waals surface area (Å²) in [6, 6.07) is 1.96. The molecule has 1 aromatic rings. The van der Waals surface area contributed by atoms with Gasteiger partial charge < -0.3 is 10.4 Å². The number of rotatable bonds is 5. The molecule has 0 unspecified atom stereocenters. The van der Waals surface area contributed by atoms with E-state index >= 15 is 0 Å².